The molecule has 4 aromatic heterocycles. The molecule has 10 heteroatoms. The molecule has 0 aliphatic rings. The van der Waals surface area contributed by atoms with E-state index in [1.807, 2.05) is 48.5 Å². The molecule has 6 rings (SSSR count). The summed E-state index contributed by atoms with van der Waals surface area (Å²) in [5, 5.41) is 32.4. The van der Waals surface area contributed by atoms with E-state index in [9.17, 15) is 5.11 Å². The highest BCUT2D eigenvalue weighted by atomic mass is 16.3. The molecule has 162 valence electrons. The predicted molar refractivity (Wildman–Crippen MR) is 126 cm³/mol. The predicted octanol–water partition coefficient (Wildman–Crippen LogP) is 4.07. The Hall–Kier alpha value is -4.70. The Labute approximate surface area is 187 Å². The fourth-order valence-corrected chi connectivity index (χ4v) is 3.74. The van der Waals surface area contributed by atoms with Crippen molar-refractivity contribution >= 4 is 39.0 Å². The summed E-state index contributed by atoms with van der Waals surface area (Å²) in [7, 11) is 0. The normalized spacial score (nSPS) is 12.3. The van der Waals surface area contributed by atoms with Crippen molar-refractivity contribution in [3.05, 3.63) is 79.0 Å². The number of aliphatic hydroxyl groups excluding tert-OH is 1. The maximum Gasteiger partial charge on any atom is 0.166 e. The standard InChI is InChI=1S/C23H19N9O/c33-23(29-17-11-25-26-12-17)20-8-13-1-2-14(9-19(13)30-20)22-24-6-5-21(31-22)28-16-3-4-18-15(7-16)10-27-32-18/h1-12,23,29-30,33H,(H,25,26)(H,27,32)(H,24,28,31). The largest absolute Gasteiger partial charge is 0.368 e. The zero-order chi connectivity index (χ0) is 22.2. The second kappa shape index (κ2) is 7.77. The van der Waals surface area contributed by atoms with Crippen LogP contribution in [0.2, 0.25) is 0 Å². The second-order valence-corrected chi connectivity index (χ2v) is 7.62. The third kappa shape index (κ3) is 3.75. The SMILES string of the molecule is OC(Nc1cn[nH]c1)c1cc2ccc(-c3nccc(Nc4ccc5[nH]ncc5c4)n3)cc2[nH]1. The van der Waals surface area contributed by atoms with Gasteiger partial charge in [0.2, 0.25) is 0 Å². The summed E-state index contributed by atoms with van der Waals surface area (Å²) in [5.74, 6) is 1.29. The topological polar surface area (TPSA) is 143 Å². The van der Waals surface area contributed by atoms with Gasteiger partial charge in [-0.1, -0.05) is 12.1 Å². The number of hydrogen-bond donors (Lipinski definition) is 6. The van der Waals surface area contributed by atoms with Crippen LogP contribution in [0.4, 0.5) is 17.2 Å². The van der Waals surface area contributed by atoms with Crippen LogP contribution in [0.5, 0.6) is 0 Å². The minimum absolute atomic E-state index is 0.597. The lowest BCUT2D eigenvalue weighted by Crippen LogP contribution is -2.09. The molecule has 0 saturated heterocycles. The van der Waals surface area contributed by atoms with Crippen molar-refractivity contribution in [3.63, 3.8) is 0 Å². The quantitative estimate of drug-likeness (QED) is 0.216. The molecular weight excluding hydrogens is 418 g/mol. The Morgan fingerprint density at radius 2 is 1.85 bits per heavy atom. The molecule has 0 aliphatic carbocycles. The number of nitrogens with zero attached hydrogens (tertiary/aromatic N) is 4. The minimum Gasteiger partial charge on any atom is -0.368 e. The molecule has 1 atom stereocenters. The number of benzene rings is 2. The number of anilines is 3. The van der Waals surface area contributed by atoms with Gasteiger partial charge in [0, 0.05) is 34.5 Å². The van der Waals surface area contributed by atoms with Gasteiger partial charge in [0.15, 0.2) is 12.1 Å². The molecule has 0 fully saturated rings. The van der Waals surface area contributed by atoms with Crippen molar-refractivity contribution in [1.29, 1.82) is 0 Å². The zero-order valence-electron chi connectivity index (χ0n) is 17.2. The summed E-state index contributed by atoms with van der Waals surface area (Å²) in [5.41, 5.74) is 4.98. The Bertz CT molecular complexity index is 1550. The molecule has 0 spiro atoms. The molecule has 0 saturated carbocycles. The molecule has 6 N–H and O–H groups in total. The Morgan fingerprint density at radius 3 is 2.76 bits per heavy atom. The second-order valence-electron chi connectivity index (χ2n) is 7.62. The molecule has 0 aliphatic heterocycles. The maximum atomic E-state index is 10.5. The van der Waals surface area contributed by atoms with E-state index in [0.717, 1.165) is 33.1 Å². The van der Waals surface area contributed by atoms with Gasteiger partial charge in [-0.3, -0.25) is 10.2 Å². The number of aromatic amines is 3. The van der Waals surface area contributed by atoms with Gasteiger partial charge in [-0.2, -0.15) is 10.2 Å². The van der Waals surface area contributed by atoms with Gasteiger partial charge in [-0.25, -0.2) is 9.97 Å². The summed E-state index contributed by atoms with van der Waals surface area (Å²) in [4.78, 5) is 12.4. The van der Waals surface area contributed by atoms with Gasteiger partial charge in [-0.15, -0.1) is 0 Å². The summed E-state index contributed by atoms with van der Waals surface area (Å²) in [6.07, 6.45) is 5.90. The summed E-state index contributed by atoms with van der Waals surface area (Å²) < 4.78 is 0. The van der Waals surface area contributed by atoms with E-state index in [4.69, 9.17) is 0 Å². The van der Waals surface area contributed by atoms with Crippen molar-refractivity contribution in [2.45, 2.75) is 6.23 Å². The van der Waals surface area contributed by atoms with Crippen LogP contribution < -0.4 is 10.6 Å². The van der Waals surface area contributed by atoms with Crippen LogP contribution >= 0.6 is 0 Å². The van der Waals surface area contributed by atoms with E-state index >= 15 is 0 Å². The molecule has 2 aromatic carbocycles. The third-order valence-corrected chi connectivity index (χ3v) is 5.37. The van der Waals surface area contributed by atoms with Crippen molar-refractivity contribution in [3.8, 4) is 11.4 Å². The lowest BCUT2D eigenvalue weighted by Gasteiger charge is -2.10. The summed E-state index contributed by atoms with van der Waals surface area (Å²) in [6, 6.07) is 15.6. The Morgan fingerprint density at radius 1 is 0.879 bits per heavy atom. The molecule has 10 nitrogen and oxygen atoms in total. The highest BCUT2D eigenvalue weighted by Gasteiger charge is 2.12. The third-order valence-electron chi connectivity index (χ3n) is 5.37. The van der Waals surface area contributed by atoms with Gasteiger partial charge in [0.05, 0.1) is 29.3 Å². The average Bonchev–Trinajstić information content (AvgIpc) is 3.59. The van der Waals surface area contributed by atoms with Gasteiger partial charge < -0.3 is 20.7 Å². The van der Waals surface area contributed by atoms with E-state index in [-0.39, 0.29) is 0 Å². The lowest BCUT2D eigenvalue weighted by atomic mass is 10.1. The van der Waals surface area contributed by atoms with Crippen molar-refractivity contribution < 1.29 is 5.11 Å². The molecule has 0 bridgehead atoms. The number of aliphatic hydroxyl groups is 1. The smallest absolute Gasteiger partial charge is 0.166 e. The number of nitrogens with one attached hydrogen (secondary N) is 5. The highest BCUT2D eigenvalue weighted by molar-refractivity contribution is 5.85. The fourth-order valence-electron chi connectivity index (χ4n) is 3.74. The molecule has 6 aromatic rings. The van der Waals surface area contributed by atoms with Crippen molar-refractivity contribution in [2.24, 2.45) is 0 Å². The maximum absolute atomic E-state index is 10.5. The number of fused-ring (bicyclic) bond motifs is 2. The molecule has 4 heterocycles. The fraction of sp³-hybridized carbons (Fsp3) is 0.0435. The first-order valence-electron chi connectivity index (χ1n) is 10.3. The first kappa shape index (κ1) is 19.0. The molecule has 1 unspecified atom stereocenters. The van der Waals surface area contributed by atoms with E-state index in [1.54, 1.807) is 24.8 Å². The number of H-pyrrole nitrogens is 3. The summed E-state index contributed by atoms with van der Waals surface area (Å²) >= 11 is 0. The minimum atomic E-state index is -0.894. The van der Waals surface area contributed by atoms with E-state index in [2.05, 4.69) is 46.0 Å². The van der Waals surface area contributed by atoms with Gasteiger partial charge in [0.25, 0.3) is 0 Å². The number of hydrogen-bond acceptors (Lipinski definition) is 7. The van der Waals surface area contributed by atoms with Gasteiger partial charge in [0.1, 0.15) is 5.82 Å². The Balaban J connectivity index is 1.26. The van der Waals surface area contributed by atoms with E-state index < -0.39 is 6.23 Å². The van der Waals surface area contributed by atoms with Crippen LogP contribution in [0.15, 0.2) is 73.3 Å². The first-order chi connectivity index (χ1) is 16.2. The first-order valence-corrected chi connectivity index (χ1v) is 10.3. The lowest BCUT2D eigenvalue weighted by molar-refractivity contribution is 0.204. The molecule has 33 heavy (non-hydrogen) atoms. The zero-order valence-corrected chi connectivity index (χ0v) is 17.2. The summed E-state index contributed by atoms with van der Waals surface area (Å²) in [6.45, 7) is 0. The van der Waals surface area contributed by atoms with Gasteiger partial charge in [-0.05, 0) is 41.8 Å². The van der Waals surface area contributed by atoms with Gasteiger partial charge >= 0.3 is 0 Å². The van der Waals surface area contributed by atoms with Crippen LogP contribution in [-0.4, -0.2) is 40.5 Å². The van der Waals surface area contributed by atoms with Crippen LogP contribution in [0.25, 0.3) is 33.2 Å². The molecule has 0 amide bonds. The van der Waals surface area contributed by atoms with Crippen LogP contribution in [0, 0.1) is 0 Å². The molecule has 0 radical (unpaired) electrons. The number of aromatic nitrogens is 7. The van der Waals surface area contributed by atoms with Crippen molar-refractivity contribution in [1.82, 2.24) is 35.3 Å². The molecular formula is C23H19N9O. The average molecular weight is 437 g/mol. The van der Waals surface area contributed by atoms with E-state index in [0.29, 0.717) is 23.0 Å². The number of rotatable bonds is 6. The Kier molecular flexibility index (Phi) is 4.48. The van der Waals surface area contributed by atoms with Crippen LogP contribution in [0.1, 0.15) is 11.9 Å². The van der Waals surface area contributed by atoms with Crippen molar-refractivity contribution in [2.75, 3.05) is 10.6 Å². The van der Waals surface area contributed by atoms with Crippen LogP contribution in [0.3, 0.4) is 0 Å². The highest BCUT2D eigenvalue weighted by Crippen LogP contribution is 2.27. The monoisotopic (exact) mass is 437 g/mol. The van der Waals surface area contributed by atoms with Crippen LogP contribution in [-0.2, 0) is 0 Å². The van der Waals surface area contributed by atoms with E-state index in [1.165, 1.54) is 0 Å².